The lowest BCUT2D eigenvalue weighted by Crippen LogP contribution is -2.50. The van der Waals surface area contributed by atoms with Gasteiger partial charge < -0.3 is 15.5 Å². The van der Waals surface area contributed by atoms with Crippen molar-refractivity contribution in [1.29, 1.82) is 0 Å². The van der Waals surface area contributed by atoms with Gasteiger partial charge in [0.25, 0.3) is 0 Å². The number of carbonyl (C=O) groups excluding carboxylic acids is 2. The smallest absolute Gasteiger partial charge is 0.238 e. The highest BCUT2D eigenvalue weighted by Crippen LogP contribution is 2.21. The van der Waals surface area contributed by atoms with E-state index in [0.29, 0.717) is 25.3 Å². The van der Waals surface area contributed by atoms with Crippen molar-refractivity contribution < 1.29 is 14.0 Å². The van der Waals surface area contributed by atoms with Crippen LogP contribution in [0.4, 0.5) is 21.5 Å². The molecular weight excluding hydrogens is 433 g/mol. The van der Waals surface area contributed by atoms with Crippen LogP contribution in [0.3, 0.4) is 0 Å². The Morgan fingerprint density at radius 3 is 1.56 bits per heavy atom. The first-order valence-electron chi connectivity index (χ1n) is 12.2. The molecule has 4 rings (SSSR count). The largest absolute Gasteiger partial charge is 0.372 e. The number of nitrogens with zero attached hydrogens (tertiary/aromatic N) is 3. The Morgan fingerprint density at radius 1 is 0.647 bits per heavy atom. The van der Waals surface area contributed by atoms with E-state index in [0.717, 1.165) is 31.9 Å². The van der Waals surface area contributed by atoms with Crippen LogP contribution in [0.2, 0.25) is 0 Å². The fourth-order valence-corrected chi connectivity index (χ4v) is 4.53. The van der Waals surface area contributed by atoms with Crippen LogP contribution in [0.25, 0.3) is 0 Å². The molecule has 2 fully saturated rings. The standard InChI is InChI=1S/C26H34FN5O2/c27-21-5-7-22(8-6-21)28-25(33)19-30-15-17-31(18-16-30)20-26(34)29-23-9-11-24(12-10-23)32-13-3-1-2-4-14-32/h5-12H,1-4,13-20H2,(H,28,33)(H,29,34). The summed E-state index contributed by atoms with van der Waals surface area (Å²) in [5.74, 6) is -0.477. The number of benzene rings is 2. The van der Waals surface area contributed by atoms with Crippen molar-refractivity contribution in [2.24, 2.45) is 0 Å². The van der Waals surface area contributed by atoms with E-state index < -0.39 is 0 Å². The number of hydrogen-bond acceptors (Lipinski definition) is 5. The van der Waals surface area contributed by atoms with Gasteiger partial charge in [-0.15, -0.1) is 0 Å². The lowest BCUT2D eigenvalue weighted by molar-refractivity contribution is -0.120. The molecule has 2 heterocycles. The van der Waals surface area contributed by atoms with Crippen LogP contribution in [-0.4, -0.2) is 74.0 Å². The van der Waals surface area contributed by atoms with Crippen LogP contribution in [0.15, 0.2) is 48.5 Å². The summed E-state index contributed by atoms with van der Waals surface area (Å²) in [7, 11) is 0. The second-order valence-corrected chi connectivity index (χ2v) is 9.10. The third kappa shape index (κ3) is 7.27. The molecule has 2 amide bonds. The van der Waals surface area contributed by atoms with E-state index >= 15 is 0 Å². The molecule has 0 atom stereocenters. The van der Waals surface area contributed by atoms with Crippen LogP contribution in [0.5, 0.6) is 0 Å². The molecule has 8 heteroatoms. The van der Waals surface area contributed by atoms with Crippen LogP contribution in [0, 0.1) is 5.82 Å². The molecule has 0 unspecified atom stereocenters. The van der Waals surface area contributed by atoms with E-state index in [1.54, 1.807) is 12.1 Å². The van der Waals surface area contributed by atoms with Gasteiger partial charge in [-0.3, -0.25) is 19.4 Å². The number of hydrogen-bond donors (Lipinski definition) is 2. The van der Waals surface area contributed by atoms with Gasteiger partial charge in [0.1, 0.15) is 5.82 Å². The van der Waals surface area contributed by atoms with Crippen molar-refractivity contribution >= 4 is 28.9 Å². The topological polar surface area (TPSA) is 67.9 Å². The van der Waals surface area contributed by atoms with Gasteiger partial charge in [0, 0.05) is 56.3 Å². The number of rotatable bonds is 7. The molecule has 0 spiro atoms. The van der Waals surface area contributed by atoms with Gasteiger partial charge in [0.2, 0.25) is 11.8 Å². The Bertz CT molecular complexity index is 935. The van der Waals surface area contributed by atoms with Gasteiger partial charge in [0.05, 0.1) is 13.1 Å². The van der Waals surface area contributed by atoms with Crippen molar-refractivity contribution in [3.05, 3.63) is 54.3 Å². The minimum Gasteiger partial charge on any atom is -0.372 e. The fraction of sp³-hybridized carbons (Fsp3) is 0.462. The van der Waals surface area contributed by atoms with Gasteiger partial charge in [-0.05, 0) is 61.4 Å². The quantitative estimate of drug-likeness (QED) is 0.653. The molecule has 0 saturated carbocycles. The highest BCUT2D eigenvalue weighted by molar-refractivity contribution is 5.93. The molecule has 7 nitrogen and oxygen atoms in total. The second kappa shape index (κ2) is 11.9. The maximum Gasteiger partial charge on any atom is 0.238 e. The average Bonchev–Trinajstić information content (AvgIpc) is 3.12. The molecule has 0 radical (unpaired) electrons. The third-order valence-corrected chi connectivity index (χ3v) is 6.45. The first kappa shape index (κ1) is 24.2. The van der Waals surface area contributed by atoms with E-state index in [2.05, 4.69) is 37.5 Å². The van der Waals surface area contributed by atoms with Gasteiger partial charge >= 0.3 is 0 Å². The molecule has 2 aromatic rings. The van der Waals surface area contributed by atoms with E-state index in [1.165, 1.54) is 43.5 Å². The SMILES string of the molecule is O=C(CN1CCN(CC(=O)Nc2ccc(N3CCCCCC3)cc2)CC1)Nc1ccc(F)cc1. The zero-order chi connectivity index (χ0) is 23.8. The Morgan fingerprint density at radius 2 is 1.09 bits per heavy atom. The van der Waals surface area contributed by atoms with E-state index in [4.69, 9.17) is 0 Å². The predicted octanol–water partition coefficient (Wildman–Crippen LogP) is 3.40. The molecule has 0 aliphatic carbocycles. The summed E-state index contributed by atoms with van der Waals surface area (Å²) in [5.41, 5.74) is 2.63. The van der Waals surface area contributed by atoms with E-state index in [9.17, 15) is 14.0 Å². The summed E-state index contributed by atoms with van der Waals surface area (Å²) < 4.78 is 13.0. The average molecular weight is 468 g/mol. The Balaban J connectivity index is 1.16. The summed E-state index contributed by atoms with van der Waals surface area (Å²) in [5, 5.41) is 5.79. The minimum atomic E-state index is -0.331. The van der Waals surface area contributed by atoms with Gasteiger partial charge in [0.15, 0.2) is 0 Å². The number of anilines is 3. The maximum atomic E-state index is 13.0. The number of nitrogens with one attached hydrogen (secondary N) is 2. The molecular formula is C26H34FN5O2. The van der Waals surface area contributed by atoms with Gasteiger partial charge in [-0.1, -0.05) is 12.8 Å². The second-order valence-electron chi connectivity index (χ2n) is 9.10. The van der Waals surface area contributed by atoms with Crippen molar-refractivity contribution in [2.45, 2.75) is 25.7 Å². The normalized spacial score (nSPS) is 17.7. The number of carbonyl (C=O) groups is 2. The fourth-order valence-electron chi connectivity index (χ4n) is 4.53. The highest BCUT2D eigenvalue weighted by Gasteiger charge is 2.21. The van der Waals surface area contributed by atoms with Crippen molar-refractivity contribution in [3.63, 3.8) is 0 Å². The van der Waals surface area contributed by atoms with Crippen LogP contribution < -0.4 is 15.5 Å². The molecule has 2 aliphatic rings. The Kier molecular flexibility index (Phi) is 8.49. The minimum absolute atomic E-state index is 0.0231. The van der Waals surface area contributed by atoms with Crippen molar-refractivity contribution in [3.8, 4) is 0 Å². The Hall–Kier alpha value is -2.97. The van der Waals surface area contributed by atoms with E-state index in [-0.39, 0.29) is 24.2 Å². The number of amides is 2. The number of piperazine rings is 1. The summed E-state index contributed by atoms with van der Waals surface area (Å²) in [4.78, 5) is 31.4. The lowest BCUT2D eigenvalue weighted by atomic mass is 10.2. The first-order chi connectivity index (χ1) is 16.5. The van der Waals surface area contributed by atoms with Crippen molar-refractivity contribution in [1.82, 2.24) is 9.80 Å². The number of halogens is 1. The molecule has 182 valence electrons. The predicted molar refractivity (Wildman–Crippen MR) is 134 cm³/mol. The summed E-state index contributed by atoms with van der Waals surface area (Å²) in [6.07, 6.45) is 5.10. The zero-order valence-corrected chi connectivity index (χ0v) is 19.6. The molecule has 2 saturated heterocycles. The first-order valence-corrected chi connectivity index (χ1v) is 12.2. The van der Waals surface area contributed by atoms with Gasteiger partial charge in [-0.25, -0.2) is 4.39 Å². The summed E-state index contributed by atoms with van der Waals surface area (Å²) in [6.45, 7) is 5.71. The lowest BCUT2D eigenvalue weighted by Gasteiger charge is -2.33. The van der Waals surface area contributed by atoms with Crippen molar-refractivity contribution in [2.75, 3.05) is 67.9 Å². The van der Waals surface area contributed by atoms with Crippen LogP contribution >= 0.6 is 0 Å². The molecule has 2 aromatic carbocycles. The van der Waals surface area contributed by atoms with Crippen LogP contribution in [0.1, 0.15) is 25.7 Å². The summed E-state index contributed by atoms with van der Waals surface area (Å²) >= 11 is 0. The zero-order valence-electron chi connectivity index (χ0n) is 19.6. The Labute approximate surface area is 200 Å². The van der Waals surface area contributed by atoms with Crippen LogP contribution in [-0.2, 0) is 9.59 Å². The molecule has 2 aliphatic heterocycles. The monoisotopic (exact) mass is 467 g/mol. The van der Waals surface area contributed by atoms with E-state index in [1.807, 2.05) is 12.1 Å². The summed E-state index contributed by atoms with van der Waals surface area (Å²) in [6, 6.07) is 13.9. The molecule has 34 heavy (non-hydrogen) atoms. The molecule has 2 N–H and O–H groups in total. The molecule has 0 bridgehead atoms. The maximum absolute atomic E-state index is 13.0. The van der Waals surface area contributed by atoms with Gasteiger partial charge in [-0.2, -0.15) is 0 Å². The highest BCUT2D eigenvalue weighted by atomic mass is 19.1. The third-order valence-electron chi connectivity index (χ3n) is 6.45. The molecule has 0 aromatic heterocycles.